The van der Waals surface area contributed by atoms with Gasteiger partial charge in [-0.1, -0.05) is 11.6 Å². The van der Waals surface area contributed by atoms with Crippen LogP contribution in [0.25, 0.3) is 0 Å². The molecule has 0 aromatic heterocycles. The SMILES string of the molecule is CC(C)(CCl)C(=O)Nc1cc(NS(C)(=O)=O)ccc1Cl. The van der Waals surface area contributed by atoms with E-state index in [4.69, 9.17) is 23.2 Å². The maximum absolute atomic E-state index is 12.0. The molecule has 0 unspecified atom stereocenters. The maximum atomic E-state index is 12.0. The van der Waals surface area contributed by atoms with Crippen molar-refractivity contribution in [3.8, 4) is 0 Å². The van der Waals surface area contributed by atoms with Crippen molar-refractivity contribution in [2.45, 2.75) is 13.8 Å². The predicted molar refractivity (Wildman–Crippen MR) is 83.0 cm³/mol. The van der Waals surface area contributed by atoms with E-state index in [1.807, 2.05) is 0 Å². The smallest absolute Gasteiger partial charge is 0.231 e. The van der Waals surface area contributed by atoms with Gasteiger partial charge in [0.1, 0.15) is 0 Å². The number of anilines is 2. The Hall–Kier alpha value is -0.980. The van der Waals surface area contributed by atoms with E-state index in [-0.39, 0.29) is 11.8 Å². The minimum atomic E-state index is -3.40. The molecule has 1 rings (SSSR count). The zero-order valence-electron chi connectivity index (χ0n) is 11.3. The van der Waals surface area contributed by atoms with Crippen LogP contribution in [0, 0.1) is 5.41 Å². The largest absolute Gasteiger partial charge is 0.324 e. The zero-order valence-corrected chi connectivity index (χ0v) is 13.7. The molecule has 0 radical (unpaired) electrons. The van der Waals surface area contributed by atoms with Gasteiger partial charge in [-0.25, -0.2) is 8.42 Å². The first-order chi connectivity index (χ1) is 9.05. The molecule has 0 bridgehead atoms. The highest BCUT2D eigenvalue weighted by molar-refractivity contribution is 7.92. The van der Waals surface area contributed by atoms with Crippen molar-refractivity contribution >= 4 is 50.5 Å². The topological polar surface area (TPSA) is 75.3 Å². The fraction of sp³-hybridized carbons (Fsp3) is 0.417. The number of hydrogen-bond donors (Lipinski definition) is 2. The number of amides is 1. The summed E-state index contributed by atoms with van der Waals surface area (Å²) in [4.78, 5) is 12.0. The van der Waals surface area contributed by atoms with E-state index in [1.54, 1.807) is 13.8 Å². The van der Waals surface area contributed by atoms with Crippen molar-refractivity contribution in [1.29, 1.82) is 0 Å². The lowest BCUT2D eigenvalue weighted by Crippen LogP contribution is -2.32. The van der Waals surface area contributed by atoms with Crippen molar-refractivity contribution in [2.75, 3.05) is 22.2 Å². The molecule has 1 amide bonds. The Balaban J connectivity index is 3.01. The van der Waals surface area contributed by atoms with E-state index in [0.29, 0.717) is 16.4 Å². The van der Waals surface area contributed by atoms with Gasteiger partial charge in [-0.15, -0.1) is 11.6 Å². The Kier molecular flexibility index (Phi) is 5.29. The lowest BCUT2D eigenvalue weighted by Gasteiger charge is -2.21. The van der Waals surface area contributed by atoms with Crippen LogP contribution in [0.15, 0.2) is 18.2 Å². The number of nitrogens with one attached hydrogen (secondary N) is 2. The summed E-state index contributed by atoms with van der Waals surface area (Å²) < 4.78 is 24.7. The first-order valence-electron chi connectivity index (χ1n) is 5.70. The summed E-state index contributed by atoms with van der Waals surface area (Å²) in [6.45, 7) is 3.39. The van der Waals surface area contributed by atoms with E-state index in [2.05, 4.69) is 10.0 Å². The molecule has 0 heterocycles. The molecule has 1 aromatic carbocycles. The highest BCUT2D eigenvalue weighted by atomic mass is 35.5. The molecule has 8 heteroatoms. The van der Waals surface area contributed by atoms with E-state index in [9.17, 15) is 13.2 Å². The van der Waals surface area contributed by atoms with Crippen LogP contribution in [0.5, 0.6) is 0 Å². The average Bonchev–Trinajstić information content (AvgIpc) is 2.31. The van der Waals surface area contributed by atoms with Crippen LogP contribution in [0.4, 0.5) is 11.4 Å². The lowest BCUT2D eigenvalue weighted by molar-refractivity contribution is -0.122. The second-order valence-corrected chi connectivity index (χ2v) is 7.46. The van der Waals surface area contributed by atoms with Crippen molar-refractivity contribution < 1.29 is 13.2 Å². The summed E-state index contributed by atoms with van der Waals surface area (Å²) in [6, 6.07) is 4.45. The maximum Gasteiger partial charge on any atom is 0.231 e. The molecule has 0 saturated carbocycles. The third kappa shape index (κ3) is 4.85. The van der Waals surface area contributed by atoms with Gasteiger partial charge in [-0.3, -0.25) is 9.52 Å². The monoisotopic (exact) mass is 338 g/mol. The molecule has 0 atom stereocenters. The number of halogens is 2. The molecule has 112 valence electrons. The first kappa shape index (κ1) is 17.1. The van der Waals surface area contributed by atoms with Crippen LogP contribution < -0.4 is 10.0 Å². The van der Waals surface area contributed by atoms with Crippen LogP contribution in [0.3, 0.4) is 0 Å². The second kappa shape index (κ2) is 6.20. The van der Waals surface area contributed by atoms with Crippen LogP contribution in [-0.4, -0.2) is 26.5 Å². The molecular weight excluding hydrogens is 323 g/mol. The van der Waals surface area contributed by atoms with Crippen molar-refractivity contribution in [3.63, 3.8) is 0 Å². The summed E-state index contributed by atoms with van der Waals surface area (Å²) in [6.07, 6.45) is 1.04. The van der Waals surface area contributed by atoms with Crippen molar-refractivity contribution in [1.82, 2.24) is 0 Å². The highest BCUT2D eigenvalue weighted by Crippen LogP contribution is 2.28. The average molecular weight is 339 g/mol. The fourth-order valence-corrected chi connectivity index (χ4v) is 2.09. The van der Waals surface area contributed by atoms with Crippen molar-refractivity contribution in [3.05, 3.63) is 23.2 Å². The summed E-state index contributed by atoms with van der Waals surface area (Å²) in [7, 11) is -3.40. The highest BCUT2D eigenvalue weighted by Gasteiger charge is 2.27. The molecule has 0 aliphatic carbocycles. The molecule has 1 aromatic rings. The Morgan fingerprint density at radius 1 is 1.35 bits per heavy atom. The Bertz CT molecular complexity index is 615. The number of alkyl halides is 1. The second-order valence-electron chi connectivity index (χ2n) is 5.04. The molecule has 5 nitrogen and oxygen atoms in total. The Labute approximate surface area is 128 Å². The van der Waals surface area contributed by atoms with E-state index < -0.39 is 15.4 Å². The van der Waals surface area contributed by atoms with Gasteiger partial charge in [0.2, 0.25) is 15.9 Å². The van der Waals surface area contributed by atoms with E-state index >= 15 is 0 Å². The van der Waals surface area contributed by atoms with Gasteiger partial charge in [0, 0.05) is 5.88 Å². The molecule has 2 N–H and O–H groups in total. The quantitative estimate of drug-likeness (QED) is 0.810. The number of rotatable bonds is 5. The number of carbonyl (C=O) groups is 1. The molecular formula is C12H16Cl2N2O3S. The van der Waals surface area contributed by atoms with Gasteiger partial charge >= 0.3 is 0 Å². The molecule has 20 heavy (non-hydrogen) atoms. The Morgan fingerprint density at radius 3 is 2.45 bits per heavy atom. The summed E-state index contributed by atoms with van der Waals surface area (Å²) in [5, 5.41) is 2.95. The lowest BCUT2D eigenvalue weighted by atomic mass is 9.95. The molecule has 0 aliphatic heterocycles. The third-order valence-corrected chi connectivity index (χ3v) is 4.07. The van der Waals surface area contributed by atoms with Gasteiger partial charge < -0.3 is 5.32 Å². The Morgan fingerprint density at radius 2 is 1.95 bits per heavy atom. The summed E-state index contributed by atoms with van der Waals surface area (Å²) >= 11 is 11.7. The minimum Gasteiger partial charge on any atom is -0.324 e. The number of benzene rings is 1. The van der Waals surface area contributed by atoms with Gasteiger partial charge in [-0.2, -0.15) is 0 Å². The molecule has 0 aliphatic rings. The summed E-state index contributed by atoms with van der Waals surface area (Å²) in [5.74, 6) is -0.150. The number of hydrogen-bond acceptors (Lipinski definition) is 3. The van der Waals surface area contributed by atoms with Gasteiger partial charge in [0.05, 0.1) is 28.1 Å². The third-order valence-electron chi connectivity index (χ3n) is 2.47. The normalized spacial score (nSPS) is 12.1. The minimum absolute atomic E-state index is 0.151. The fourth-order valence-electron chi connectivity index (χ4n) is 1.25. The van der Waals surface area contributed by atoms with Crippen LogP contribution in [0.1, 0.15) is 13.8 Å². The zero-order chi connectivity index (χ0) is 15.6. The van der Waals surface area contributed by atoms with Crippen LogP contribution in [-0.2, 0) is 14.8 Å². The van der Waals surface area contributed by atoms with Crippen LogP contribution >= 0.6 is 23.2 Å². The van der Waals surface area contributed by atoms with Gasteiger partial charge in [0.15, 0.2) is 0 Å². The van der Waals surface area contributed by atoms with Gasteiger partial charge in [0.25, 0.3) is 0 Å². The molecule has 0 spiro atoms. The standard InChI is InChI=1S/C12H16Cl2N2O3S/c1-12(2,7-13)11(17)15-10-6-8(4-5-9(10)14)16-20(3,18)19/h4-6,16H,7H2,1-3H3,(H,15,17). The first-order valence-corrected chi connectivity index (χ1v) is 8.50. The molecule has 0 fully saturated rings. The number of sulfonamides is 1. The van der Waals surface area contributed by atoms with Crippen molar-refractivity contribution in [2.24, 2.45) is 5.41 Å². The van der Waals surface area contributed by atoms with Crippen LogP contribution in [0.2, 0.25) is 5.02 Å². The van der Waals surface area contributed by atoms with E-state index in [1.165, 1.54) is 18.2 Å². The summed E-state index contributed by atoms with van der Waals surface area (Å²) in [5.41, 5.74) is -0.120. The predicted octanol–water partition coefficient (Wildman–Crippen LogP) is 2.92. The molecule has 0 saturated heterocycles. The number of carbonyl (C=O) groups excluding carboxylic acids is 1. The van der Waals surface area contributed by atoms with E-state index in [0.717, 1.165) is 6.26 Å². The van der Waals surface area contributed by atoms with Gasteiger partial charge in [-0.05, 0) is 32.0 Å².